The Morgan fingerprint density at radius 3 is 2.55 bits per heavy atom. The van der Waals surface area contributed by atoms with E-state index in [9.17, 15) is 8.42 Å². The van der Waals surface area contributed by atoms with Crippen molar-refractivity contribution in [3.8, 4) is 0 Å². The Hall–Kier alpha value is -0.870. The van der Waals surface area contributed by atoms with E-state index in [4.69, 9.17) is 0 Å². The summed E-state index contributed by atoms with van der Waals surface area (Å²) in [5, 5.41) is 6.51. The largest absolute Gasteiger partial charge is 0.357 e. The van der Waals surface area contributed by atoms with Gasteiger partial charge in [0.15, 0.2) is 15.8 Å². The zero-order chi connectivity index (χ0) is 19.8. The predicted octanol–water partition coefficient (Wildman–Crippen LogP) is 2.92. The van der Waals surface area contributed by atoms with Crippen molar-refractivity contribution in [2.45, 2.75) is 58.2 Å². The quantitative estimate of drug-likeness (QED) is 0.334. The molecule has 6 nitrogen and oxygen atoms in total. The minimum atomic E-state index is -2.90. The number of nitrogens with zero attached hydrogens (tertiary/aromatic N) is 2. The van der Waals surface area contributed by atoms with E-state index in [1.807, 2.05) is 6.92 Å². The van der Waals surface area contributed by atoms with Crippen LogP contribution >= 0.6 is 24.0 Å². The van der Waals surface area contributed by atoms with Gasteiger partial charge >= 0.3 is 0 Å². The first-order chi connectivity index (χ1) is 13.5. The Bertz CT molecular complexity index is 762. The van der Waals surface area contributed by atoms with Crippen LogP contribution in [-0.2, 0) is 22.9 Å². The van der Waals surface area contributed by atoms with Crippen molar-refractivity contribution in [2.75, 3.05) is 31.1 Å². The van der Waals surface area contributed by atoms with Crippen LogP contribution in [0.25, 0.3) is 0 Å². The normalized spacial score (nSPS) is 22.5. The van der Waals surface area contributed by atoms with Crippen LogP contribution in [0.5, 0.6) is 0 Å². The molecule has 1 atom stereocenters. The summed E-state index contributed by atoms with van der Waals surface area (Å²) in [5.74, 6) is 1.16. The molecule has 0 saturated carbocycles. The van der Waals surface area contributed by atoms with Crippen molar-refractivity contribution in [3.63, 3.8) is 0 Å². The van der Waals surface area contributed by atoms with Crippen LogP contribution in [-0.4, -0.2) is 56.5 Å². The number of likely N-dealkylation sites (tertiary alicyclic amines) is 1. The Morgan fingerprint density at radius 2 is 1.90 bits per heavy atom. The van der Waals surface area contributed by atoms with Gasteiger partial charge in [0.2, 0.25) is 0 Å². The van der Waals surface area contributed by atoms with Crippen molar-refractivity contribution in [1.82, 2.24) is 15.5 Å². The summed E-state index contributed by atoms with van der Waals surface area (Å²) in [4.78, 5) is 7.24. The van der Waals surface area contributed by atoms with Gasteiger partial charge in [0.05, 0.1) is 18.1 Å². The highest BCUT2D eigenvalue weighted by atomic mass is 127. The van der Waals surface area contributed by atoms with E-state index < -0.39 is 9.84 Å². The molecule has 8 heteroatoms. The third-order valence-corrected chi connectivity index (χ3v) is 7.20. The van der Waals surface area contributed by atoms with Crippen molar-refractivity contribution >= 4 is 39.8 Å². The SMILES string of the molecule is CCNC(=NCc1cccc(CN2CCCCCC2)c1)NC1CCS(=O)(=O)C1.I. The van der Waals surface area contributed by atoms with Gasteiger partial charge in [-0.05, 0) is 50.4 Å². The van der Waals surface area contributed by atoms with Crippen LogP contribution in [0.3, 0.4) is 0 Å². The number of sulfone groups is 1. The highest BCUT2D eigenvalue weighted by Crippen LogP contribution is 2.15. The molecule has 2 fully saturated rings. The number of hydrogen-bond acceptors (Lipinski definition) is 4. The number of nitrogens with one attached hydrogen (secondary N) is 2. The number of benzene rings is 1. The number of guanidine groups is 1. The molecule has 0 bridgehead atoms. The van der Waals surface area contributed by atoms with E-state index in [1.165, 1.54) is 49.9 Å². The van der Waals surface area contributed by atoms with E-state index in [-0.39, 0.29) is 41.5 Å². The molecule has 0 aromatic heterocycles. The molecule has 1 unspecified atom stereocenters. The fourth-order valence-electron chi connectivity index (χ4n) is 3.97. The zero-order valence-corrected chi connectivity index (χ0v) is 20.5. The average Bonchev–Trinajstić information content (AvgIpc) is 2.84. The molecule has 2 aliphatic heterocycles. The van der Waals surface area contributed by atoms with Crippen molar-refractivity contribution in [1.29, 1.82) is 0 Å². The molecule has 0 radical (unpaired) electrons. The van der Waals surface area contributed by atoms with Gasteiger partial charge in [-0.15, -0.1) is 24.0 Å². The predicted molar refractivity (Wildman–Crippen MR) is 131 cm³/mol. The summed E-state index contributed by atoms with van der Waals surface area (Å²) in [7, 11) is -2.90. The first-order valence-corrected chi connectivity index (χ1v) is 12.4. The van der Waals surface area contributed by atoms with Gasteiger partial charge in [-0.2, -0.15) is 0 Å². The van der Waals surface area contributed by atoms with E-state index in [1.54, 1.807) is 0 Å². The molecule has 0 amide bonds. The second kappa shape index (κ2) is 12.1. The second-order valence-electron chi connectivity index (χ2n) is 7.95. The van der Waals surface area contributed by atoms with Crippen molar-refractivity contribution < 1.29 is 8.42 Å². The standard InChI is InChI=1S/C21H34N4O2S.HI/c1-2-22-21(24-20-10-13-28(26,27)17-20)23-15-18-8-7-9-19(14-18)16-25-11-5-3-4-6-12-25;/h7-9,14,20H,2-6,10-13,15-17H2,1H3,(H2,22,23,24);1H. The molecule has 0 aliphatic carbocycles. The van der Waals surface area contributed by atoms with E-state index in [2.05, 4.69) is 44.8 Å². The van der Waals surface area contributed by atoms with Gasteiger partial charge < -0.3 is 10.6 Å². The first kappa shape index (κ1) is 24.4. The second-order valence-corrected chi connectivity index (χ2v) is 10.2. The van der Waals surface area contributed by atoms with Gasteiger partial charge in [-0.25, -0.2) is 13.4 Å². The fraction of sp³-hybridized carbons (Fsp3) is 0.667. The van der Waals surface area contributed by atoms with Gasteiger partial charge in [0.25, 0.3) is 0 Å². The molecular formula is C21H35IN4O2S. The lowest BCUT2D eigenvalue weighted by Gasteiger charge is -2.20. The number of rotatable bonds is 6. The van der Waals surface area contributed by atoms with Gasteiger partial charge in [0, 0.05) is 19.1 Å². The number of aliphatic imine (C=N–C) groups is 1. The number of hydrogen-bond donors (Lipinski definition) is 2. The van der Waals surface area contributed by atoms with E-state index in [0.717, 1.165) is 13.1 Å². The van der Waals surface area contributed by atoms with E-state index >= 15 is 0 Å². The molecule has 164 valence electrons. The maximum absolute atomic E-state index is 11.7. The minimum Gasteiger partial charge on any atom is -0.357 e. The van der Waals surface area contributed by atoms with Crippen molar-refractivity contribution in [2.24, 2.45) is 4.99 Å². The Labute approximate surface area is 192 Å². The maximum atomic E-state index is 11.7. The van der Waals surface area contributed by atoms with Crippen LogP contribution in [0, 0.1) is 0 Å². The average molecular weight is 535 g/mol. The van der Waals surface area contributed by atoms with Gasteiger partial charge in [-0.1, -0.05) is 37.1 Å². The number of halogens is 1. The smallest absolute Gasteiger partial charge is 0.191 e. The summed E-state index contributed by atoms with van der Waals surface area (Å²) in [6, 6.07) is 8.63. The molecular weight excluding hydrogens is 499 g/mol. The Morgan fingerprint density at radius 1 is 1.17 bits per heavy atom. The van der Waals surface area contributed by atoms with Crippen molar-refractivity contribution in [3.05, 3.63) is 35.4 Å². The van der Waals surface area contributed by atoms with Crippen LogP contribution in [0.4, 0.5) is 0 Å². The van der Waals surface area contributed by atoms with Crippen LogP contribution < -0.4 is 10.6 Å². The summed E-state index contributed by atoms with van der Waals surface area (Å²) in [5.41, 5.74) is 2.53. The van der Waals surface area contributed by atoms with Gasteiger partial charge in [0.1, 0.15) is 0 Å². The molecule has 0 spiro atoms. The third-order valence-electron chi connectivity index (χ3n) is 5.43. The molecule has 3 rings (SSSR count). The molecule has 2 N–H and O–H groups in total. The summed E-state index contributed by atoms with van der Waals surface area (Å²) < 4.78 is 23.4. The summed E-state index contributed by atoms with van der Waals surface area (Å²) in [6.07, 6.45) is 5.97. The maximum Gasteiger partial charge on any atom is 0.191 e. The summed E-state index contributed by atoms with van der Waals surface area (Å²) >= 11 is 0. The molecule has 2 aliphatic rings. The highest BCUT2D eigenvalue weighted by Gasteiger charge is 2.28. The molecule has 29 heavy (non-hydrogen) atoms. The first-order valence-electron chi connectivity index (χ1n) is 10.6. The Balaban J connectivity index is 0.00000300. The molecule has 1 aromatic rings. The highest BCUT2D eigenvalue weighted by molar-refractivity contribution is 14.0. The van der Waals surface area contributed by atoms with E-state index in [0.29, 0.717) is 18.9 Å². The topological polar surface area (TPSA) is 73.8 Å². The zero-order valence-electron chi connectivity index (χ0n) is 17.4. The summed E-state index contributed by atoms with van der Waals surface area (Å²) in [6.45, 7) is 6.76. The van der Waals surface area contributed by atoms with Crippen LogP contribution in [0.2, 0.25) is 0 Å². The molecule has 2 heterocycles. The third kappa shape index (κ3) is 8.41. The minimum absolute atomic E-state index is 0. The molecule has 1 aromatic carbocycles. The Kier molecular flexibility index (Phi) is 10.2. The lowest BCUT2D eigenvalue weighted by atomic mass is 10.1. The van der Waals surface area contributed by atoms with Crippen LogP contribution in [0.1, 0.15) is 50.2 Å². The van der Waals surface area contributed by atoms with Gasteiger partial charge in [-0.3, -0.25) is 4.90 Å². The fourth-order valence-corrected chi connectivity index (χ4v) is 5.64. The lowest BCUT2D eigenvalue weighted by Crippen LogP contribution is -2.44. The monoisotopic (exact) mass is 534 g/mol. The van der Waals surface area contributed by atoms with Crippen LogP contribution in [0.15, 0.2) is 29.3 Å². The lowest BCUT2D eigenvalue weighted by molar-refractivity contribution is 0.277. The molecule has 2 saturated heterocycles.